The lowest BCUT2D eigenvalue weighted by Crippen LogP contribution is -2.44. The summed E-state index contributed by atoms with van der Waals surface area (Å²) in [5.41, 5.74) is -1.01. The van der Waals surface area contributed by atoms with E-state index in [0.29, 0.717) is 18.4 Å². The Morgan fingerprint density at radius 2 is 1.72 bits per heavy atom. The number of rotatable bonds is 7. The van der Waals surface area contributed by atoms with E-state index in [-0.39, 0.29) is 11.7 Å². The quantitative estimate of drug-likeness (QED) is 0.548. The summed E-state index contributed by atoms with van der Waals surface area (Å²) in [4.78, 5) is 27.4. The van der Waals surface area contributed by atoms with Crippen LogP contribution in [0.5, 0.6) is 0 Å². The fraction of sp³-hybridized carbons (Fsp3) is 0.417. The van der Waals surface area contributed by atoms with Gasteiger partial charge in [-0.15, -0.1) is 4.28 Å². The molecule has 2 bridgehead atoms. The van der Waals surface area contributed by atoms with Gasteiger partial charge < -0.3 is 0 Å². The molecular formula is C24H27NO5S2. The zero-order valence-corrected chi connectivity index (χ0v) is 20.0. The van der Waals surface area contributed by atoms with Crippen molar-refractivity contribution in [2.24, 2.45) is 16.7 Å². The number of carbonyl (C=O) groups is 2. The van der Waals surface area contributed by atoms with Gasteiger partial charge in [-0.05, 0) is 60.6 Å². The Balaban J connectivity index is 1.42. The Kier molecular flexibility index (Phi) is 5.98. The Bertz CT molecular complexity index is 1130. The van der Waals surface area contributed by atoms with Crippen molar-refractivity contribution >= 4 is 33.6 Å². The SMILES string of the molecule is CN(OS(=O)(=O)CC12CCC(CC1=O)C2(C)C)C(=O)c1ccc(Sc2ccccc2)cc1. The molecule has 2 aliphatic carbocycles. The third kappa shape index (κ3) is 4.11. The largest absolute Gasteiger partial charge is 0.299 e. The van der Waals surface area contributed by atoms with Crippen molar-refractivity contribution in [1.82, 2.24) is 5.06 Å². The fourth-order valence-corrected chi connectivity index (χ4v) is 7.69. The van der Waals surface area contributed by atoms with E-state index in [1.165, 1.54) is 7.05 Å². The van der Waals surface area contributed by atoms with Gasteiger partial charge in [-0.25, -0.2) is 5.06 Å². The molecule has 170 valence electrons. The van der Waals surface area contributed by atoms with E-state index in [1.807, 2.05) is 56.3 Å². The lowest BCUT2D eigenvalue weighted by atomic mass is 9.70. The first-order chi connectivity index (χ1) is 15.0. The van der Waals surface area contributed by atoms with Crippen LogP contribution < -0.4 is 0 Å². The second kappa shape index (κ2) is 8.32. The van der Waals surface area contributed by atoms with Crippen molar-refractivity contribution in [3.8, 4) is 0 Å². The third-order valence-electron chi connectivity index (χ3n) is 7.15. The zero-order chi connectivity index (χ0) is 23.1. The molecule has 2 aromatic carbocycles. The monoisotopic (exact) mass is 473 g/mol. The molecule has 2 fully saturated rings. The number of hydroxylamine groups is 2. The molecule has 2 atom stereocenters. The molecule has 0 heterocycles. The second-order valence-corrected chi connectivity index (χ2v) is 11.9. The summed E-state index contributed by atoms with van der Waals surface area (Å²) >= 11 is 1.57. The van der Waals surface area contributed by atoms with Crippen LogP contribution in [-0.2, 0) is 19.2 Å². The van der Waals surface area contributed by atoms with E-state index >= 15 is 0 Å². The Morgan fingerprint density at radius 3 is 2.28 bits per heavy atom. The molecule has 2 saturated carbocycles. The molecule has 0 saturated heterocycles. The standard InChI is InChI=1S/C24H27NO5S2/c1-23(2)18-13-14-24(23,21(26)15-18)16-32(28,29)30-25(3)22(27)17-9-11-20(12-10-17)31-19-7-5-4-6-8-19/h4-12,18H,13-16H2,1-3H3. The summed E-state index contributed by atoms with van der Waals surface area (Å²) in [7, 11) is -2.85. The van der Waals surface area contributed by atoms with Gasteiger partial charge in [0.05, 0.1) is 11.2 Å². The number of amides is 1. The van der Waals surface area contributed by atoms with E-state index in [2.05, 4.69) is 0 Å². The summed E-state index contributed by atoms with van der Waals surface area (Å²) < 4.78 is 30.8. The Hall–Kier alpha value is -2.16. The molecule has 32 heavy (non-hydrogen) atoms. The number of Topliss-reactive ketones (excluding diaryl/α,β-unsaturated/α-hetero) is 1. The minimum absolute atomic E-state index is 0.00795. The lowest BCUT2D eigenvalue weighted by Gasteiger charge is -2.36. The summed E-state index contributed by atoms with van der Waals surface area (Å²) in [5.74, 6) is -0.765. The highest BCUT2D eigenvalue weighted by atomic mass is 32.2. The highest BCUT2D eigenvalue weighted by Gasteiger charge is 2.65. The van der Waals surface area contributed by atoms with Crippen molar-refractivity contribution in [1.29, 1.82) is 0 Å². The first kappa shape index (κ1) is 23.0. The molecule has 4 rings (SSSR count). The highest BCUT2D eigenvalue weighted by molar-refractivity contribution is 7.99. The second-order valence-electron chi connectivity index (χ2n) is 9.19. The minimum atomic E-state index is -4.13. The van der Waals surface area contributed by atoms with Crippen LogP contribution in [0, 0.1) is 16.7 Å². The highest BCUT2D eigenvalue weighted by Crippen LogP contribution is 2.64. The van der Waals surface area contributed by atoms with Gasteiger partial charge in [-0.1, -0.05) is 43.8 Å². The zero-order valence-electron chi connectivity index (χ0n) is 18.4. The molecule has 0 radical (unpaired) electrons. The molecular weight excluding hydrogens is 446 g/mol. The first-order valence-electron chi connectivity index (χ1n) is 10.6. The minimum Gasteiger partial charge on any atom is -0.299 e. The number of fused-ring (bicyclic) bond motifs is 2. The number of carbonyl (C=O) groups excluding carboxylic acids is 2. The first-order valence-corrected chi connectivity index (χ1v) is 13.0. The van der Waals surface area contributed by atoms with E-state index in [0.717, 1.165) is 21.3 Å². The average Bonchev–Trinajstić information content (AvgIpc) is 3.08. The summed E-state index contributed by atoms with van der Waals surface area (Å²) in [6.07, 6.45) is 1.81. The number of ketones is 1. The average molecular weight is 474 g/mol. The van der Waals surface area contributed by atoms with Crippen LogP contribution in [0.1, 0.15) is 43.5 Å². The van der Waals surface area contributed by atoms with Crippen LogP contribution in [0.25, 0.3) is 0 Å². The summed E-state index contributed by atoms with van der Waals surface area (Å²) in [6, 6.07) is 16.8. The van der Waals surface area contributed by atoms with E-state index in [9.17, 15) is 18.0 Å². The molecule has 2 unspecified atom stereocenters. The van der Waals surface area contributed by atoms with Crippen LogP contribution in [0.4, 0.5) is 0 Å². The number of nitrogens with zero attached hydrogens (tertiary/aromatic N) is 1. The van der Waals surface area contributed by atoms with Gasteiger partial charge in [0, 0.05) is 28.8 Å². The van der Waals surface area contributed by atoms with Crippen LogP contribution >= 0.6 is 11.8 Å². The topological polar surface area (TPSA) is 80.8 Å². The van der Waals surface area contributed by atoms with E-state index in [1.54, 1.807) is 23.9 Å². The van der Waals surface area contributed by atoms with Gasteiger partial charge in [0.25, 0.3) is 16.0 Å². The Labute approximate surface area is 193 Å². The number of hydrogen-bond acceptors (Lipinski definition) is 6. The van der Waals surface area contributed by atoms with Crippen molar-refractivity contribution in [3.05, 3.63) is 60.2 Å². The normalized spacial score (nSPS) is 24.0. The lowest BCUT2D eigenvalue weighted by molar-refractivity contribution is -0.128. The van der Waals surface area contributed by atoms with Gasteiger partial charge in [0.2, 0.25) is 0 Å². The van der Waals surface area contributed by atoms with Crippen molar-refractivity contribution < 1.29 is 22.3 Å². The maximum atomic E-state index is 12.8. The molecule has 0 spiro atoms. The number of hydrogen-bond donors (Lipinski definition) is 0. The van der Waals surface area contributed by atoms with Crippen molar-refractivity contribution in [2.45, 2.75) is 42.9 Å². The van der Waals surface area contributed by atoms with Crippen LogP contribution in [0.15, 0.2) is 64.4 Å². The Morgan fingerprint density at radius 1 is 1.09 bits per heavy atom. The third-order valence-corrected chi connectivity index (χ3v) is 9.47. The molecule has 2 aromatic rings. The molecule has 0 aliphatic heterocycles. The molecule has 0 aromatic heterocycles. The van der Waals surface area contributed by atoms with Crippen LogP contribution in [0.3, 0.4) is 0 Å². The fourth-order valence-electron chi connectivity index (χ4n) is 5.11. The van der Waals surface area contributed by atoms with Crippen LogP contribution in [-0.4, -0.2) is 38.0 Å². The van der Waals surface area contributed by atoms with E-state index < -0.39 is 32.6 Å². The number of benzene rings is 2. The molecule has 2 aliphatic rings. The van der Waals surface area contributed by atoms with Gasteiger partial charge in [0.15, 0.2) is 0 Å². The molecule has 1 amide bonds. The summed E-state index contributed by atoms with van der Waals surface area (Å²) in [5, 5.41) is 0.740. The molecule has 8 heteroatoms. The van der Waals surface area contributed by atoms with E-state index in [4.69, 9.17) is 4.28 Å². The smallest absolute Gasteiger partial charge is 0.289 e. The maximum Gasteiger partial charge on any atom is 0.289 e. The van der Waals surface area contributed by atoms with Crippen LogP contribution in [0.2, 0.25) is 0 Å². The van der Waals surface area contributed by atoms with Crippen molar-refractivity contribution in [2.75, 3.05) is 12.8 Å². The molecule has 0 N–H and O–H groups in total. The molecule has 6 nitrogen and oxygen atoms in total. The maximum absolute atomic E-state index is 12.8. The summed E-state index contributed by atoms with van der Waals surface area (Å²) in [6.45, 7) is 3.93. The van der Waals surface area contributed by atoms with Crippen molar-refractivity contribution in [3.63, 3.8) is 0 Å². The van der Waals surface area contributed by atoms with Gasteiger partial charge in [-0.3, -0.25) is 9.59 Å². The predicted octanol–water partition coefficient (Wildman–Crippen LogP) is 4.57. The van der Waals surface area contributed by atoms with Gasteiger partial charge in [0.1, 0.15) is 5.78 Å². The predicted molar refractivity (Wildman–Crippen MR) is 123 cm³/mol. The van der Waals surface area contributed by atoms with Gasteiger partial charge >= 0.3 is 0 Å². The van der Waals surface area contributed by atoms with Gasteiger partial charge in [-0.2, -0.15) is 8.42 Å².